The molecular formula is C23H21N5OS3. The van der Waals surface area contributed by atoms with E-state index in [1.165, 1.54) is 4.88 Å². The topological polar surface area (TPSA) is 76.5 Å². The summed E-state index contributed by atoms with van der Waals surface area (Å²) >= 11 is 4.82. The summed E-state index contributed by atoms with van der Waals surface area (Å²) in [5.41, 5.74) is 1.94. The lowest BCUT2D eigenvalue weighted by molar-refractivity contribution is 0.839. The van der Waals surface area contributed by atoms with Crippen molar-refractivity contribution in [2.45, 2.75) is 37.6 Å². The van der Waals surface area contributed by atoms with Crippen LogP contribution in [0.2, 0.25) is 0 Å². The molecule has 6 nitrogen and oxygen atoms in total. The number of thiophene rings is 2. The third kappa shape index (κ3) is 3.92. The highest BCUT2D eigenvalue weighted by molar-refractivity contribution is 7.99. The van der Waals surface area contributed by atoms with E-state index in [4.69, 9.17) is 4.98 Å². The van der Waals surface area contributed by atoms with Gasteiger partial charge in [-0.25, -0.2) is 4.98 Å². The van der Waals surface area contributed by atoms with Crippen LogP contribution in [0.5, 0.6) is 0 Å². The minimum atomic E-state index is -0.101. The molecule has 0 spiro atoms. The molecule has 5 rings (SSSR count). The van der Waals surface area contributed by atoms with Gasteiger partial charge in [0.2, 0.25) is 0 Å². The van der Waals surface area contributed by atoms with E-state index >= 15 is 0 Å². The fourth-order valence-electron chi connectivity index (χ4n) is 3.57. The van der Waals surface area contributed by atoms with Crippen molar-refractivity contribution < 1.29 is 0 Å². The Kier molecular flexibility index (Phi) is 5.71. The second kappa shape index (κ2) is 8.65. The zero-order chi connectivity index (χ0) is 22.2. The van der Waals surface area contributed by atoms with Crippen LogP contribution in [0.1, 0.15) is 39.1 Å². The van der Waals surface area contributed by atoms with Crippen LogP contribution < -0.4 is 5.56 Å². The highest BCUT2D eigenvalue weighted by Gasteiger charge is 2.21. The predicted molar refractivity (Wildman–Crippen MR) is 132 cm³/mol. The number of aryl methyl sites for hydroxylation is 2. The minimum Gasteiger partial charge on any atom is -0.309 e. The molecule has 9 heteroatoms. The molecule has 1 atom stereocenters. The number of fused-ring (bicyclic) bond motifs is 1. The van der Waals surface area contributed by atoms with Gasteiger partial charge < -0.3 is 4.98 Å². The number of benzene rings is 1. The first-order chi connectivity index (χ1) is 15.5. The van der Waals surface area contributed by atoms with Crippen LogP contribution in [-0.4, -0.2) is 24.7 Å². The molecule has 0 bridgehead atoms. The standard InChI is InChI=1S/C23H21N5OS3/c1-13-14(2)31-22-19(13)21(29)24-20(25-22)15(3)32-23-27-26-18(12-17-10-7-11-30-17)28(23)16-8-5-4-6-9-16/h4-11,15H,12H2,1-3H3,(H,24,25,29). The zero-order valence-electron chi connectivity index (χ0n) is 17.8. The number of nitrogens with one attached hydrogen (secondary N) is 1. The van der Waals surface area contributed by atoms with Gasteiger partial charge in [-0.15, -0.1) is 32.9 Å². The number of H-pyrrole nitrogens is 1. The molecule has 1 unspecified atom stereocenters. The Balaban J connectivity index is 1.52. The van der Waals surface area contributed by atoms with Crippen LogP contribution in [0.3, 0.4) is 0 Å². The second-order valence-corrected chi connectivity index (χ2v) is 11.0. The van der Waals surface area contributed by atoms with E-state index in [0.717, 1.165) is 31.9 Å². The Morgan fingerprint density at radius 3 is 2.69 bits per heavy atom. The lowest BCUT2D eigenvalue weighted by Gasteiger charge is -2.13. The fraction of sp³-hybridized carbons (Fsp3) is 0.217. The molecule has 4 aromatic heterocycles. The molecule has 162 valence electrons. The average Bonchev–Trinajstić information content (AvgIpc) is 3.50. The predicted octanol–water partition coefficient (Wildman–Crippen LogP) is 5.69. The van der Waals surface area contributed by atoms with E-state index in [0.29, 0.717) is 17.6 Å². The number of para-hydroxylation sites is 1. The number of hydrogen-bond acceptors (Lipinski definition) is 7. The molecule has 32 heavy (non-hydrogen) atoms. The van der Waals surface area contributed by atoms with Crippen molar-refractivity contribution in [2.75, 3.05) is 0 Å². The number of aromatic amines is 1. The van der Waals surface area contributed by atoms with E-state index < -0.39 is 0 Å². The maximum atomic E-state index is 12.7. The molecule has 0 radical (unpaired) electrons. The lowest BCUT2D eigenvalue weighted by atomic mass is 10.2. The first kappa shape index (κ1) is 21.1. The SMILES string of the molecule is Cc1sc2nc(C(C)Sc3nnc(Cc4cccs4)n3-c3ccccc3)[nH]c(=O)c2c1C. The zero-order valence-corrected chi connectivity index (χ0v) is 20.3. The number of nitrogens with zero attached hydrogens (tertiary/aromatic N) is 4. The van der Waals surface area contributed by atoms with E-state index in [9.17, 15) is 4.79 Å². The lowest BCUT2D eigenvalue weighted by Crippen LogP contribution is -2.13. The van der Waals surface area contributed by atoms with Gasteiger partial charge in [-0.2, -0.15) is 0 Å². The summed E-state index contributed by atoms with van der Waals surface area (Å²) in [5, 5.41) is 12.4. The summed E-state index contributed by atoms with van der Waals surface area (Å²) in [4.78, 5) is 23.6. The fourth-order valence-corrected chi connectivity index (χ4v) is 6.26. The van der Waals surface area contributed by atoms with Gasteiger partial charge in [0.15, 0.2) is 5.16 Å². The molecule has 1 aromatic carbocycles. The maximum absolute atomic E-state index is 12.7. The summed E-state index contributed by atoms with van der Waals surface area (Å²) in [5.74, 6) is 1.53. The van der Waals surface area contributed by atoms with Gasteiger partial charge in [0, 0.05) is 21.9 Å². The number of hydrogen-bond donors (Lipinski definition) is 1. The monoisotopic (exact) mass is 479 g/mol. The summed E-state index contributed by atoms with van der Waals surface area (Å²) < 4.78 is 2.09. The second-order valence-electron chi connectivity index (χ2n) is 7.50. The van der Waals surface area contributed by atoms with Gasteiger partial charge in [-0.05, 0) is 49.9 Å². The van der Waals surface area contributed by atoms with Gasteiger partial charge in [0.25, 0.3) is 5.56 Å². The smallest absolute Gasteiger partial charge is 0.259 e. The molecule has 4 heterocycles. The van der Waals surface area contributed by atoms with Crippen LogP contribution in [0.4, 0.5) is 0 Å². The third-order valence-corrected chi connectivity index (χ3v) is 8.38. The Morgan fingerprint density at radius 1 is 1.12 bits per heavy atom. The van der Waals surface area contributed by atoms with Crippen molar-refractivity contribution in [3.05, 3.63) is 85.2 Å². The summed E-state index contributed by atoms with van der Waals surface area (Å²) in [6.45, 7) is 6.03. The van der Waals surface area contributed by atoms with Crippen molar-refractivity contribution in [1.29, 1.82) is 0 Å². The first-order valence-electron chi connectivity index (χ1n) is 10.2. The Labute approximate surface area is 197 Å². The normalized spacial score (nSPS) is 12.5. The summed E-state index contributed by atoms with van der Waals surface area (Å²) in [6.07, 6.45) is 0.712. The highest BCUT2D eigenvalue weighted by Crippen LogP contribution is 2.35. The van der Waals surface area contributed by atoms with Gasteiger partial charge in [0.05, 0.1) is 10.6 Å². The largest absolute Gasteiger partial charge is 0.309 e. The Bertz CT molecular complexity index is 1430. The van der Waals surface area contributed by atoms with Crippen molar-refractivity contribution in [1.82, 2.24) is 24.7 Å². The number of aromatic nitrogens is 5. The van der Waals surface area contributed by atoms with E-state index in [1.54, 1.807) is 34.4 Å². The number of thioether (sulfide) groups is 1. The van der Waals surface area contributed by atoms with Crippen molar-refractivity contribution in [3.8, 4) is 5.69 Å². The van der Waals surface area contributed by atoms with Crippen LogP contribution in [0.15, 0.2) is 57.8 Å². The molecule has 0 saturated heterocycles. The van der Waals surface area contributed by atoms with Crippen LogP contribution in [0.25, 0.3) is 15.9 Å². The van der Waals surface area contributed by atoms with Gasteiger partial charge in [0.1, 0.15) is 16.5 Å². The molecule has 0 aliphatic carbocycles. The Morgan fingerprint density at radius 2 is 1.94 bits per heavy atom. The number of rotatable bonds is 6. The van der Waals surface area contributed by atoms with Gasteiger partial charge in [-0.1, -0.05) is 36.0 Å². The van der Waals surface area contributed by atoms with Gasteiger partial charge in [-0.3, -0.25) is 9.36 Å². The summed E-state index contributed by atoms with van der Waals surface area (Å²) in [7, 11) is 0. The molecule has 0 saturated carbocycles. The van der Waals surface area contributed by atoms with Crippen LogP contribution in [0, 0.1) is 13.8 Å². The van der Waals surface area contributed by atoms with E-state index in [2.05, 4.69) is 43.3 Å². The molecule has 1 N–H and O–H groups in total. The molecule has 0 aliphatic heterocycles. The summed E-state index contributed by atoms with van der Waals surface area (Å²) in [6, 6.07) is 14.3. The third-order valence-electron chi connectivity index (χ3n) is 5.35. The highest BCUT2D eigenvalue weighted by atomic mass is 32.2. The molecule has 0 amide bonds. The molecule has 0 fully saturated rings. The molecule has 5 aromatic rings. The minimum absolute atomic E-state index is 0.0813. The van der Waals surface area contributed by atoms with Crippen molar-refractivity contribution >= 4 is 44.7 Å². The van der Waals surface area contributed by atoms with E-state index in [1.807, 2.05) is 45.0 Å². The maximum Gasteiger partial charge on any atom is 0.259 e. The van der Waals surface area contributed by atoms with Crippen molar-refractivity contribution in [2.24, 2.45) is 0 Å². The quantitative estimate of drug-likeness (QED) is 0.317. The van der Waals surface area contributed by atoms with Gasteiger partial charge >= 0.3 is 0 Å². The molecule has 0 aliphatic rings. The Hall–Kier alpha value is -2.75. The van der Waals surface area contributed by atoms with Crippen LogP contribution >= 0.6 is 34.4 Å². The average molecular weight is 480 g/mol. The van der Waals surface area contributed by atoms with Crippen LogP contribution in [-0.2, 0) is 6.42 Å². The molecular weight excluding hydrogens is 458 g/mol. The van der Waals surface area contributed by atoms with Crippen molar-refractivity contribution in [3.63, 3.8) is 0 Å². The van der Waals surface area contributed by atoms with E-state index in [-0.39, 0.29) is 10.8 Å². The first-order valence-corrected chi connectivity index (χ1v) is 12.8.